The molecule has 0 radical (unpaired) electrons. The molecule has 0 aliphatic carbocycles. The van der Waals surface area contributed by atoms with E-state index >= 15 is 0 Å². The van der Waals surface area contributed by atoms with Gasteiger partial charge in [-0.3, -0.25) is 14.2 Å². The van der Waals surface area contributed by atoms with Crippen LogP contribution >= 0.6 is 11.6 Å². The first-order valence-corrected chi connectivity index (χ1v) is 9.06. The number of primary amides is 1. The Morgan fingerprint density at radius 2 is 1.90 bits per heavy atom. The normalized spacial score (nSPS) is 10.7. The van der Waals surface area contributed by atoms with Crippen LogP contribution in [0.15, 0.2) is 47.3 Å². The Morgan fingerprint density at radius 3 is 2.55 bits per heavy atom. The fourth-order valence-electron chi connectivity index (χ4n) is 2.81. The maximum absolute atomic E-state index is 14.3. The van der Waals surface area contributed by atoms with Gasteiger partial charge in [-0.05, 0) is 43.7 Å². The zero-order valence-corrected chi connectivity index (χ0v) is 16.8. The molecule has 3 aromatic rings. The number of aromatic nitrogens is 1. The van der Waals surface area contributed by atoms with Gasteiger partial charge >= 0.3 is 0 Å². The van der Waals surface area contributed by atoms with Gasteiger partial charge in [-0.15, -0.1) is 0 Å². The molecule has 0 spiro atoms. The second-order valence-corrected chi connectivity index (χ2v) is 6.97. The summed E-state index contributed by atoms with van der Waals surface area (Å²) in [4.78, 5) is 24.7. The van der Waals surface area contributed by atoms with E-state index in [2.05, 4.69) is 5.32 Å². The summed E-state index contributed by atoms with van der Waals surface area (Å²) in [6, 6.07) is 10.7. The lowest BCUT2D eigenvalue weighted by Gasteiger charge is -2.19. The third-order valence-corrected chi connectivity index (χ3v) is 4.88. The summed E-state index contributed by atoms with van der Waals surface area (Å²) in [7, 11) is 1.44. The number of anilines is 2. The number of benzene rings is 2. The molecule has 3 N–H and O–H groups in total. The van der Waals surface area contributed by atoms with Gasteiger partial charge in [-0.25, -0.2) is 4.39 Å². The number of halogens is 2. The Hall–Kier alpha value is -3.32. The lowest BCUT2D eigenvalue weighted by Crippen LogP contribution is -2.25. The van der Waals surface area contributed by atoms with Crippen molar-refractivity contribution in [3.05, 3.63) is 80.3 Å². The predicted molar refractivity (Wildman–Crippen MR) is 111 cm³/mol. The molecule has 0 atom stereocenters. The van der Waals surface area contributed by atoms with E-state index < -0.39 is 17.3 Å². The van der Waals surface area contributed by atoms with E-state index in [0.717, 1.165) is 16.2 Å². The summed E-state index contributed by atoms with van der Waals surface area (Å²) in [5, 5.41) is 3.26. The maximum atomic E-state index is 14.3. The van der Waals surface area contributed by atoms with Gasteiger partial charge in [-0.2, -0.15) is 0 Å². The second-order valence-electron chi connectivity index (χ2n) is 6.57. The Labute approximate surface area is 171 Å². The lowest BCUT2D eigenvalue weighted by atomic mass is 10.1. The van der Waals surface area contributed by atoms with Crippen LogP contribution in [0.2, 0.25) is 5.02 Å². The fourth-order valence-corrected chi connectivity index (χ4v) is 2.97. The Bertz CT molecular complexity index is 1170. The van der Waals surface area contributed by atoms with Crippen LogP contribution in [-0.4, -0.2) is 10.5 Å². The maximum Gasteiger partial charge on any atom is 0.256 e. The molecule has 1 aromatic heterocycles. The largest absolute Gasteiger partial charge is 0.456 e. The van der Waals surface area contributed by atoms with Crippen LogP contribution in [0, 0.1) is 19.7 Å². The number of carbonyl (C=O) groups is 1. The smallest absolute Gasteiger partial charge is 0.256 e. The van der Waals surface area contributed by atoms with E-state index in [1.165, 1.54) is 19.2 Å². The van der Waals surface area contributed by atoms with Crippen molar-refractivity contribution in [2.24, 2.45) is 12.8 Å². The molecule has 0 saturated carbocycles. The molecule has 1 amide bonds. The summed E-state index contributed by atoms with van der Waals surface area (Å²) in [6.45, 7) is 3.49. The number of nitrogens with zero attached hydrogens (tertiary/aromatic N) is 1. The summed E-state index contributed by atoms with van der Waals surface area (Å²) >= 11 is 6.12. The first-order chi connectivity index (χ1) is 13.7. The minimum absolute atomic E-state index is 0.0161. The minimum atomic E-state index is -0.842. The van der Waals surface area contributed by atoms with Gasteiger partial charge < -0.3 is 15.8 Å². The van der Waals surface area contributed by atoms with Crippen LogP contribution in [0.1, 0.15) is 21.5 Å². The summed E-state index contributed by atoms with van der Waals surface area (Å²) < 4.78 is 21.3. The van der Waals surface area contributed by atoms with Crippen LogP contribution < -0.4 is 21.3 Å². The predicted octanol–water partition coefficient (Wildman–Crippen LogP) is 4.43. The molecule has 0 fully saturated rings. The lowest BCUT2D eigenvalue weighted by molar-refractivity contribution is 0.0998. The highest BCUT2D eigenvalue weighted by Gasteiger charge is 2.22. The van der Waals surface area contributed by atoms with Crippen molar-refractivity contribution in [2.45, 2.75) is 13.8 Å². The van der Waals surface area contributed by atoms with Crippen LogP contribution in [0.5, 0.6) is 11.5 Å². The van der Waals surface area contributed by atoms with Crippen molar-refractivity contribution < 1.29 is 13.9 Å². The molecule has 29 heavy (non-hydrogen) atoms. The Kier molecular flexibility index (Phi) is 5.61. The molecule has 0 bridgehead atoms. The van der Waals surface area contributed by atoms with Crippen LogP contribution in [0.4, 0.5) is 15.9 Å². The molecule has 8 heteroatoms. The van der Waals surface area contributed by atoms with Crippen molar-refractivity contribution in [3.8, 4) is 11.5 Å². The number of aryl methyl sites for hydroxylation is 1. The van der Waals surface area contributed by atoms with Crippen LogP contribution in [-0.2, 0) is 7.05 Å². The van der Waals surface area contributed by atoms with E-state index in [4.69, 9.17) is 22.1 Å². The quantitative estimate of drug-likeness (QED) is 0.645. The summed E-state index contributed by atoms with van der Waals surface area (Å²) in [5.41, 5.74) is 6.46. The molecular weight excluding hydrogens is 397 g/mol. The number of rotatable bonds is 5. The molecule has 2 aromatic carbocycles. The van der Waals surface area contributed by atoms with Crippen molar-refractivity contribution >= 4 is 29.0 Å². The van der Waals surface area contributed by atoms with Gasteiger partial charge in [-0.1, -0.05) is 23.7 Å². The second kappa shape index (κ2) is 7.97. The standard InChI is InChI=1S/C21H19ClFN3O3/c1-11-7-8-15(14(23)9-11)25-21-19(20(24)28)17(10-18(27)26(21)3)29-16-6-4-5-13(22)12(16)2/h4-10,25H,1-3H3,(H2,24,28). The van der Waals surface area contributed by atoms with Crippen molar-refractivity contribution in [1.82, 2.24) is 4.57 Å². The molecule has 0 unspecified atom stereocenters. The van der Waals surface area contributed by atoms with Crippen molar-refractivity contribution in [1.29, 1.82) is 0 Å². The van der Waals surface area contributed by atoms with Crippen LogP contribution in [0.3, 0.4) is 0 Å². The molecule has 3 rings (SSSR count). The van der Waals surface area contributed by atoms with Crippen LogP contribution in [0.25, 0.3) is 0 Å². The number of nitrogens with one attached hydrogen (secondary N) is 1. The van der Waals surface area contributed by atoms with Gasteiger partial charge in [0.1, 0.15) is 28.7 Å². The minimum Gasteiger partial charge on any atom is -0.456 e. The number of nitrogens with two attached hydrogens (primary N) is 1. The number of amides is 1. The number of hydrogen-bond acceptors (Lipinski definition) is 4. The number of hydrogen-bond donors (Lipinski definition) is 2. The molecule has 150 valence electrons. The highest BCUT2D eigenvalue weighted by Crippen LogP contribution is 2.34. The first-order valence-electron chi connectivity index (χ1n) is 8.69. The fraction of sp³-hybridized carbons (Fsp3) is 0.143. The van der Waals surface area contributed by atoms with Gasteiger partial charge in [0.15, 0.2) is 0 Å². The molecule has 0 aliphatic rings. The third kappa shape index (κ3) is 4.09. The van der Waals surface area contributed by atoms with Gasteiger partial charge in [0.05, 0.1) is 5.69 Å². The molecular formula is C21H19ClFN3O3. The van der Waals surface area contributed by atoms with Crippen molar-refractivity contribution in [3.63, 3.8) is 0 Å². The average Bonchev–Trinajstić information content (AvgIpc) is 2.64. The highest BCUT2D eigenvalue weighted by atomic mass is 35.5. The average molecular weight is 416 g/mol. The van der Waals surface area contributed by atoms with E-state index in [9.17, 15) is 14.0 Å². The van der Waals surface area contributed by atoms with Gasteiger partial charge in [0.2, 0.25) is 0 Å². The summed E-state index contributed by atoms with van der Waals surface area (Å²) in [6.07, 6.45) is 0. The van der Waals surface area contributed by atoms with E-state index in [-0.39, 0.29) is 22.8 Å². The van der Waals surface area contributed by atoms with Gasteiger partial charge in [0.25, 0.3) is 11.5 Å². The van der Waals surface area contributed by atoms with E-state index in [1.54, 1.807) is 38.1 Å². The molecule has 0 aliphatic heterocycles. The Balaban J connectivity index is 2.17. The highest BCUT2D eigenvalue weighted by molar-refractivity contribution is 6.31. The first kappa shape index (κ1) is 20.4. The summed E-state index contributed by atoms with van der Waals surface area (Å²) in [5.74, 6) is -1.06. The SMILES string of the molecule is Cc1ccc(Nc2c(C(N)=O)c(Oc3cccc(Cl)c3C)cc(=O)n2C)c(F)c1. The zero-order valence-electron chi connectivity index (χ0n) is 16.0. The molecule has 1 heterocycles. The number of ether oxygens (including phenoxy) is 1. The van der Waals surface area contributed by atoms with E-state index in [0.29, 0.717) is 16.3 Å². The zero-order chi connectivity index (χ0) is 21.3. The molecule has 0 saturated heterocycles. The van der Waals surface area contributed by atoms with Crippen molar-refractivity contribution in [2.75, 3.05) is 5.32 Å². The van der Waals surface area contributed by atoms with E-state index in [1.807, 2.05) is 0 Å². The number of carbonyl (C=O) groups excluding carboxylic acids is 1. The van der Waals surface area contributed by atoms with Gasteiger partial charge in [0, 0.05) is 23.7 Å². The third-order valence-electron chi connectivity index (χ3n) is 4.47. The molecule has 6 nitrogen and oxygen atoms in total. The number of pyridine rings is 1. The Morgan fingerprint density at radius 1 is 1.17 bits per heavy atom. The topological polar surface area (TPSA) is 86.3 Å². The monoisotopic (exact) mass is 415 g/mol.